The number of pyridine rings is 1. The Morgan fingerprint density at radius 2 is 2.05 bits per heavy atom. The second-order valence-electron chi connectivity index (χ2n) is 5.59. The van der Waals surface area contributed by atoms with E-state index in [-0.39, 0.29) is 0 Å². The highest BCUT2D eigenvalue weighted by molar-refractivity contribution is 9.10. The van der Waals surface area contributed by atoms with Gasteiger partial charge in [-0.15, -0.1) is 10.2 Å². The fraction of sp³-hybridized carbons (Fsp3) is 0.500. The Kier molecular flexibility index (Phi) is 3.11. The van der Waals surface area contributed by atoms with E-state index in [0.29, 0.717) is 12.0 Å². The number of hydrogen-bond acceptors (Lipinski definition) is 4. The fourth-order valence-electron chi connectivity index (χ4n) is 2.32. The number of aromatic nitrogens is 4. The number of halogens is 1. The number of nitrogens with zero attached hydrogens (tertiary/aromatic N) is 4. The SMILES string of the molecule is Cc1cc(Sc2nnc(C3CC3)n2C2CC2)ncc1Br. The van der Waals surface area contributed by atoms with E-state index in [1.54, 1.807) is 11.8 Å². The van der Waals surface area contributed by atoms with Crippen LogP contribution >= 0.6 is 27.7 Å². The van der Waals surface area contributed by atoms with Crippen LogP contribution in [-0.2, 0) is 0 Å². The zero-order chi connectivity index (χ0) is 13.7. The molecule has 0 N–H and O–H groups in total. The van der Waals surface area contributed by atoms with Gasteiger partial charge >= 0.3 is 0 Å². The summed E-state index contributed by atoms with van der Waals surface area (Å²) in [6.07, 6.45) is 6.92. The topological polar surface area (TPSA) is 43.6 Å². The van der Waals surface area contributed by atoms with E-state index in [4.69, 9.17) is 0 Å². The molecule has 4 rings (SSSR count). The highest BCUT2D eigenvalue weighted by Crippen LogP contribution is 2.46. The first-order chi connectivity index (χ1) is 9.72. The average molecular weight is 351 g/mol. The molecule has 0 aromatic carbocycles. The third-order valence-corrected chi connectivity index (χ3v) is 5.49. The van der Waals surface area contributed by atoms with E-state index in [2.05, 4.69) is 48.7 Å². The van der Waals surface area contributed by atoms with E-state index >= 15 is 0 Å². The number of rotatable bonds is 4. The van der Waals surface area contributed by atoms with Crippen molar-refractivity contribution < 1.29 is 0 Å². The summed E-state index contributed by atoms with van der Waals surface area (Å²) in [5, 5.41) is 10.8. The van der Waals surface area contributed by atoms with Crippen LogP contribution < -0.4 is 0 Å². The molecule has 0 spiro atoms. The second kappa shape index (κ2) is 4.84. The molecular weight excluding hydrogens is 336 g/mol. The van der Waals surface area contributed by atoms with Crippen LogP contribution in [0.4, 0.5) is 0 Å². The summed E-state index contributed by atoms with van der Waals surface area (Å²) in [7, 11) is 0. The van der Waals surface area contributed by atoms with Crippen molar-refractivity contribution in [3.8, 4) is 0 Å². The number of aryl methyl sites for hydroxylation is 1. The Morgan fingerprint density at radius 3 is 2.70 bits per heavy atom. The molecule has 0 radical (unpaired) electrons. The lowest BCUT2D eigenvalue weighted by atomic mass is 10.3. The summed E-state index contributed by atoms with van der Waals surface area (Å²) in [4.78, 5) is 4.46. The molecule has 2 aromatic rings. The van der Waals surface area contributed by atoms with Crippen molar-refractivity contribution in [1.82, 2.24) is 19.7 Å². The van der Waals surface area contributed by atoms with Gasteiger partial charge in [-0.2, -0.15) is 0 Å². The molecule has 0 unspecified atom stereocenters. The minimum atomic E-state index is 0.625. The van der Waals surface area contributed by atoms with Gasteiger partial charge in [0.25, 0.3) is 0 Å². The number of hydrogen-bond donors (Lipinski definition) is 0. The predicted molar refractivity (Wildman–Crippen MR) is 81.1 cm³/mol. The van der Waals surface area contributed by atoms with Crippen LogP contribution in [0.5, 0.6) is 0 Å². The van der Waals surface area contributed by atoms with Crippen molar-refractivity contribution in [2.75, 3.05) is 0 Å². The zero-order valence-electron chi connectivity index (χ0n) is 11.2. The maximum Gasteiger partial charge on any atom is 0.197 e. The van der Waals surface area contributed by atoms with Crippen molar-refractivity contribution in [1.29, 1.82) is 0 Å². The van der Waals surface area contributed by atoms with Crippen LogP contribution in [0.2, 0.25) is 0 Å². The normalized spacial score (nSPS) is 18.5. The summed E-state index contributed by atoms with van der Waals surface area (Å²) >= 11 is 5.12. The van der Waals surface area contributed by atoms with Gasteiger partial charge in [-0.3, -0.25) is 0 Å². The van der Waals surface area contributed by atoms with E-state index in [1.165, 1.54) is 37.1 Å². The first-order valence-corrected chi connectivity index (χ1v) is 8.58. The van der Waals surface area contributed by atoms with Gasteiger partial charge in [-0.05, 0) is 71.9 Å². The average Bonchev–Trinajstić information content (AvgIpc) is 3.33. The Hall–Kier alpha value is -0.880. The third-order valence-electron chi connectivity index (χ3n) is 3.76. The van der Waals surface area contributed by atoms with E-state index in [0.717, 1.165) is 14.7 Å². The van der Waals surface area contributed by atoms with Gasteiger partial charge in [0.1, 0.15) is 10.9 Å². The van der Waals surface area contributed by atoms with E-state index in [9.17, 15) is 0 Å². The molecule has 2 heterocycles. The largest absolute Gasteiger partial charge is 0.302 e. The smallest absolute Gasteiger partial charge is 0.197 e. The van der Waals surface area contributed by atoms with Crippen LogP contribution in [-0.4, -0.2) is 19.7 Å². The Balaban J connectivity index is 1.66. The van der Waals surface area contributed by atoms with Crippen molar-refractivity contribution in [2.45, 2.75) is 54.7 Å². The van der Waals surface area contributed by atoms with E-state index in [1.807, 2.05) is 6.20 Å². The molecule has 0 atom stereocenters. The van der Waals surface area contributed by atoms with Gasteiger partial charge in [-0.1, -0.05) is 0 Å². The predicted octanol–water partition coefficient (Wildman–Crippen LogP) is 4.11. The van der Waals surface area contributed by atoms with Gasteiger partial charge in [0, 0.05) is 22.6 Å². The molecule has 104 valence electrons. The van der Waals surface area contributed by atoms with Crippen LogP contribution in [0.25, 0.3) is 0 Å². The maximum absolute atomic E-state index is 4.46. The van der Waals surface area contributed by atoms with Gasteiger partial charge in [0.2, 0.25) is 0 Å². The second-order valence-corrected chi connectivity index (χ2v) is 7.43. The van der Waals surface area contributed by atoms with Crippen LogP contribution in [0.15, 0.2) is 26.9 Å². The molecule has 20 heavy (non-hydrogen) atoms. The maximum atomic E-state index is 4.46. The Bertz CT molecular complexity index is 661. The molecule has 2 fully saturated rings. The van der Waals surface area contributed by atoms with Gasteiger partial charge < -0.3 is 4.57 Å². The van der Waals surface area contributed by atoms with Crippen molar-refractivity contribution >= 4 is 27.7 Å². The first kappa shape index (κ1) is 12.8. The lowest BCUT2D eigenvalue weighted by Gasteiger charge is -2.08. The summed E-state index contributed by atoms with van der Waals surface area (Å²) < 4.78 is 3.41. The monoisotopic (exact) mass is 350 g/mol. The van der Waals surface area contributed by atoms with Crippen LogP contribution in [0.3, 0.4) is 0 Å². The molecule has 0 amide bonds. The van der Waals surface area contributed by atoms with Crippen LogP contribution in [0, 0.1) is 6.92 Å². The quantitative estimate of drug-likeness (QED) is 0.832. The molecular formula is C14H15BrN4S. The Labute approximate surface area is 130 Å². The first-order valence-electron chi connectivity index (χ1n) is 6.97. The summed E-state index contributed by atoms with van der Waals surface area (Å²) in [5.41, 5.74) is 1.20. The minimum Gasteiger partial charge on any atom is -0.302 e. The van der Waals surface area contributed by atoms with Crippen molar-refractivity contribution in [3.05, 3.63) is 28.1 Å². The lowest BCUT2D eigenvalue weighted by Crippen LogP contribution is -2.01. The Morgan fingerprint density at radius 1 is 1.25 bits per heavy atom. The fourth-order valence-corrected chi connectivity index (χ4v) is 3.48. The van der Waals surface area contributed by atoms with Crippen molar-refractivity contribution in [3.63, 3.8) is 0 Å². The summed E-state index contributed by atoms with van der Waals surface area (Å²) in [5.74, 6) is 1.85. The molecule has 0 aliphatic heterocycles. The van der Waals surface area contributed by atoms with E-state index < -0.39 is 0 Å². The van der Waals surface area contributed by atoms with Gasteiger partial charge in [0.15, 0.2) is 5.16 Å². The summed E-state index contributed by atoms with van der Waals surface area (Å²) in [6.45, 7) is 2.08. The third kappa shape index (κ3) is 2.39. The van der Waals surface area contributed by atoms with Gasteiger partial charge in [0.05, 0.1) is 0 Å². The summed E-state index contributed by atoms with van der Waals surface area (Å²) in [6, 6.07) is 2.72. The highest BCUT2D eigenvalue weighted by Gasteiger charge is 2.36. The standard InChI is InChI=1S/C14H15BrN4S/c1-8-6-12(16-7-11(8)15)20-14-18-17-13(9-2-3-9)19(14)10-4-5-10/h6-7,9-10H,2-5H2,1H3. The lowest BCUT2D eigenvalue weighted by molar-refractivity contribution is 0.626. The molecule has 0 saturated heterocycles. The van der Waals surface area contributed by atoms with Crippen LogP contribution in [0.1, 0.15) is 49.0 Å². The molecule has 2 aromatic heterocycles. The molecule has 6 heteroatoms. The molecule has 2 aliphatic carbocycles. The van der Waals surface area contributed by atoms with Crippen molar-refractivity contribution in [2.24, 2.45) is 0 Å². The van der Waals surface area contributed by atoms with Gasteiger partial charge in [-0.25, -0.2) is 4.98 Å². The molecule has 2 aliphatic rings. The molecule has 0 bridgehead atoms. The molecule has 4 nitrogen and oxygen atoms in total. The minimum absolute atomic E-state index is 0.625. The zero-order valence-corrected chi connectivity index (χ0v) is 13.6. The highest BCUT2D eigenvalue weighted by atomic mass is 79.9. The molecule has 2 saturated carbocycles.